The van der Waals surface area contributed by atoms with Crippen LogP contribution in [0.15, 0.2) is 36.4 Å². The lowest BCUT2D eigenvalue weighted by atomic mass is 10.1. The average Bonchev–Trinajstić information content (AvgIpc) is 2.76. The van der Waals surface area contributed by atoms with Crippen LogP contribution < -0.4 is 19.5 Å². The average molecular weight is 401 g/mol. The van der Waals surface area contributed by atoms with Crippen LogP contribution in [0.5, 0.6) is 17.2 Å². The molecule has 154 valence electrons. The summed E-state index contributed by atoms with van der Waals surface area (Å²) in [5.41, 5.74) is 1.04. The zero-order valence-electron chi connectivity index (χ0n) is 16.7. The maximum absolute atomic E-state index is 12.4. The quantitative estimate of drug-likeness (QED) is 0.509. The molecule has 2 aromatic carbocycles. The Morgan fingerprint density at radius 2 is 1.45 bits per heavy atom. The molecule has 0 heterocycles. The van der Waals surface area contributed by atoms with Crippen molar-refractivity contribution in [2.45, 2.75) is 13.3 Å². The first-order valence-electron chi connectivity index (χ1n) is 8.83. The maximum atomic E-state index is 12.4. The van der Waals surface area contributed by atoms with Gasteiger partial charge in [-0.25, -0.2) is 4.79 Å². The van der Waals surface area contributed by atoms with Gasteiger partial charge >= 0.3 is 5.97 Å². The van der Waals surface area contributed by atoms with Gasteiger partial charge in [-0.05, 0) is 24.3 Å². The molecule has 0 saturated carbocycles. The second-order valence-electron chi connectivity index (χ2n) is 5.89. The van der Waals surface area contributed by atoms with E-state index in [2.05, 4.69) is 5.32 Å². The summed E-state index contributed by atoms with van der Waals surface area (Å²) in [6.45, 7) is 1.30. The van der Waals surface area contributed by atoms with Crippen molar-refractivity contribution in [2.75, 3.05) is 33.3 Å². The third kappa shape index (κ3) is 5.47. The molecule has 0 aliphatic carbocycles. The Hall–Kier alpha value is -3.55. The Kier molecular flexibility index (Phi) is 7.59. The van der Waals surface area contributed by atoms with E-state index in [0.29, 0.717) is 29.2 Å². The number of carbonyl (C=O) groups is 3. The van der Waals surface area contributed by atoms with Gasteiger partial charge in [-0.1, -0.05) is 6.92 Å². The van der Waals surface area contributed by atoms with Crippen LogP contribution in [0.1, 0.15) is 34.1 Å². The summed E-state index contributed by atoms with van der Waals surface area (Å²) in [6.07, 6.45) is 0.357. The first kappa shape index (κ1) is 21.7. The number of methoxy groups -OCH3 is 3. The van der Waals surface area contributed by atoms with Gasteiger partial charge in [0.1, 0.15) is 11.3 Å². The number of nitrogens with one attached hydrogen (secondary N) is 1. The van der Waals surface area contributed by atoms with E-state index in [1.165, 1.54) is 33.5 Å². The predicted molar refractivity (Wildman–Crippen MR) is 106 cm³/mol. The molecule has 1 N–H and O–H groups in total. The number of anilines is 1. The molecule has 0 aliphatic rings. The van der Waals surface area contributed by atoms with Crippen LogP contribution in [0, 0.1) is 0 Å². The van der Waals surface area contributed by atoms with Crippen LogP contribution >= 0.6 is 0 Å². The minimum absolute atomic E-state index is 0.107. The first-order chi connectivity index (χ1) is 13.9. The molecule has 0 spiro atoms. The molecule has 0 fully saturated rings. The van der Waals surface area contributed by atoms with E-state index < -0.39 is 12.6 Å². The van der Waals surface area contributed by atoms with Gasteiger partial charge in [-0.2, -0.15) is 0 Å². The molecule has 0 radical (unpaired) electrons. The Morgan fingerprint density at radius 1 is 0.862 bits per heavy atom. The summed E-state index contributed by atoms with van der Waals surface area (Å²) >= 11 is 0. The maximum Gasteiger partial charge on any atom is 0.342 e. The minimum Gasteiger partial charge on any atom is -0.496 e. The summed E-state index contributed by atoms with van der Waals surface area (Å²) in [4.78, 5) is 36.1. The monoisotopic (exact) mass is 401 g/mol. The zero-order chi connectivity index (χ0) is 21.4. The van der Waals surface area contributed by atoms with E-state index in [1.807, 2.05) is 0 Å². The minimum atomic E-state index is -0.733. The molecule has 29 heavy (non-hydrogen) atoms. The third-order valence-corrected chi connectivity index (χ3v) is 4.07. The van der Waals surface area contributed by atoms with Gasteiger partial charge in [0.25, 0.3) is 0 Å². The summed E-state index contributed by atoms with van der Waals surface area (Å²) in [7, 11) is 4.31. The van der Waals surface area contributed by atoms with Gasteiger partial charge in [-0.15, -0.1) is 0 Å². The van der Waals surface area contributed by atoms with Crippen LogP contribution in [0.4, 0.5) is 5.69 Å². The summed E-state index contributed by atoms with van der Waals surface area (Å²) in [6, 6.07) is 9.26. The number of carbonyl (C=O) groups excluding carboxylic acids is 3. The van der Waals surface area contributed by atoms with Crippen molar-refractivity contribution in [2.24, 2.45) is 0 Å². The highest BCUT2D eigenvalue weighted by Crippen LogP contribution is 2.34. The molecule has 8 nitrogen and oxygen atoms in total. The SMILES string of the molecule is CCC(=O)Nc1ccc(C(=O)COC(=O)c2cc(OC)c(OC)cc2OC)cc1. The molecule has 8 heteroatoms. The Morgan fingerprint density at radius 3 is 2.00 bits per heavy atom. The smallest absolute Gasteiger partial charge is 0.342 e. The second-order valence-corrected chi connectivity index (χ2v) is 5.89. The number of esters is 1. The number of ether oxygens (including phenoxy) is 4. The van der Waals surface area contributed by atoms with Crippen LogP contribution in [0.3, 0.4) is 0 Å². The van der Waals surface area contributed by atoms with Crippen molar-refractivity contribution >= 4 is 23.3 Å². The number of benzene rings is 2. The van der Waals surface area contributed by atoms with Crippen LogP contribution in [0.25, 0.3) is 0 Å². The van der Waals surface area contributed by atoms with Crippen molar-refractivity contribution in [3.63, 3.8) is 0 Å². The van der Waals surface area contributed by atoms with Crippen molar-refractivity contribution in [1.82, 2.24) is 0 Å². The van der Waals surface area contributed by atoms with E-state index in [0.717, 1.165) is 0 Å². The summed E-state index contributed by atoms with van der Waals surface area (Å²) < 4.78 is 20.7. The van der Waals surface area contributed by atoms with Crippen LogP contribution in [-0.2, 0) is 9.53 Å². The number of ketones is 1. The van der Waals surface area contributed by atoms with Crippen LogP contribution in [0.2, 0.25) is 0 Å². The fraction of sp³-hybridized carbons (Fsp3) is 0.286. The highest BCUT2D eigenvalue weighted by molar-refractivity contribution is 6.00. The lowest BCUT2D eigenvalue weighted by Gasteiger charge is -2.13. The van der Waals surface area contributed by atoms with Crippen molar-refractivity contribution < 1.29 is 33.3 Å². The first-order valence-corrected chi connectivity index (χ1v) is 8.83. The topological polar surface area (TPSA) is 100 Å². The Bertz CT molecular complexity index is 891. The molecular weight excluding hydrogens is 378 g/mol. The standard InChI is InChI=1S/C21H23NO7/c1-5-20(24)22-14-8-6-13(7-9-14)16(23)12-29-21(25)15-10-18(27-3)19(28-4)11-17(15)26-2/h6-11H,5,12H2,1-4H3,(H,22,24). The highest BCUT2D eigenvalue weighted by Gasteiger charge is 2.20. The van der Waals surface area contributed by atoms with Gasteiger partial charge in [0.15, 0.2) is 23.9 Å². The highest BCUT2D eigenvalue weighted by atomic mass is 16.5. The molecule has 0 aromatic heterocycles. The van der Waals surface area contributed by atoms with Gasteiger partial charge in [0.05, 0.1) is 21.3 Å². The van der Waals surface area contributed by atoms with Gasteiger partial charge in [0, 0.05) is 29.8 Å². The Balaban J connectivity index is 2.06. The molecule has 2 rings (SSSR count). The molecule has 0 aliphatic heterocycles. The lowest BCUT2D eigenvalue weighted by Crippen LogP contribution is -2.15. The number of amides is 1. The number of Topliss-reactive ketones (excluding diaryl/α,β-unsaturated/α-hetero) is 1. The number of hydrogen-bond acceptors (Lipinski definition) is 7. The molecule has 2 aromatic rings. The molecular formula is C21H23NO7. The van der Waals surface area contributed by atoms with Gasteiger partial charge in [0.2, 0.25) is 5.91 Å². The Labute approximate surface area is 168 Å². The fourth-order valence-corrected chi connectivity index (χ4v) is 2.47. The fourth-order valence-electron chi connectivity index (χ4n) is 2.47. The molecule has 0 unspecified atom stereocenters. The summed E-state index contributed by atoms with van der Waals surface area (Å²) in [5.74, 6) is -0.282. The predicted octanol–water partition coefficient (Wildman–Crippen LogP) is 3.10. The van der Waals surface area contributed by atoms with Crippen molar-refractivity contribution in [3.8, 4) is 17.2 Å². The molecule has 0 bridgehead atoms. The number of rotatable bonds is 9. The van der Waals surface area contributed by atoms with Crippen molar-refractivity contribution in [3.05, 3.63) is 47.5 Å². The zero-order valence-corrected chi connectivity index (χ0v) is 16.7. The van der Waals surface area contributed by atoms with Gasteiger partial charge in [-0.3, -0.25) is 9.59 Å². The van der Waals surface area contributed by atoms with Gasteiger partial charge < -0.3 is 24.3 Å². The van der Waals surface area contributed by atoms with Crippen LogP contribution in [-0.4, -0.2) is 45.6 Å². The van der Waals surface area contributed by atoms with E-state index in [-0.39, 0.29) is 23.0 Å². The van der Waals surface area contributed by atoms with E-state index in [9.17, 15) is 14.4 Å². The molecule has 0 atom stereocenters. The largest absolute Gasteiger partial charge is 0.496 e. The van der Waals surface area contributed by atoms with E-state index in [4.69, 9.17) is 18.9 Å². The molecule has 1 amide bonds. The van der Waals surface area contributed by atoms with Crippen molar-refractivity contribution in [1.29, 1.82) is 0 Å². The second kappa shape index (κ2) is 10.1. The molecule has 0 saturated heterocycles. The summed E-state index contributed by atoms with van der Waals surface area (Å²) in [5, 5.41) is 2.69. The number of hydrogen-bond donors (Lipinski definition) is 1. The normalized spacial score (nSPS) is 10.1. The van der Waals surface area contributed by atoms with E-state index in [1.54, 1.807) is 31.2 Å². The van der Waals surface area contributed by atoms with E-state index >= 15 is 0 Å². The lowest BCUT2D eigenvalue weighted by molar-refractivity contribution is -0.115. The third-order valence-electron chi connectivity index (χ3n) is 4.07.